The molecular formula is C14H15BrN2O3. The van der Waals surface area contributed by atoms with Crippen LogP contribution in [0.1, 0.15) is 11.3 Å². The minimum atomic E-state index is -0.0557. The number of methoxy groups -OCH3 is 2. The SMILES string of the molecule is COc1ccnc(Cn2cc(Br)cc(C)c2=O)c1OC. The van der Waals surface area contributed by atoms with Gasteiger partial charge in [0.05, 0.1) is 20.8 Å². The van der Waals surface area contributed by atoms with E-state index < -0.39 is 0 Å². The van der Waals surface area contributed by atoms with Crippen LogP contribution in [0.3, 0.4) is 0 Å². The van der Waals surface area contributed by atoms with Crippen molar-refractivity contribution in [2.75, 3.05) is 14.2 Å². The highest BCUT2D eigenvalue weighted by atomic mass is 79.9. The third-order valence-corrected chi connectivity index (χ3v) is 3.35. The molecule has 0 radical (unpaired) electrons. The maximum atomic E-state index is 12.1. The lowest BCUT2D eigenvalue weighted by molar-refractivity contribution is 0.348. The van der Waals surface area contributed by atoms with E-state index in [2.05, 4.69) is 20.9 Å². The third kappa shape index (κ3) is 2.85. The molecule has 0 aliphatic carbocycles. The monoisotopic (exact) mass is 338 g/mol. The smallest absolute Gasteiger partial charge is 0.253 e. The van der Waals surface area contributed by atoms with Crippen molar-refractivity contribution in [2.24, 2.45) is 0 Å². The normalized spacial score (nSPS) is 10.4. The fraction of sp³-hybridized carbons (Fsp3) is 0.286. The van der Waals surface area contributed by atoms with Crippen LogP contribution in [0.25, 0.3) is 0 Å². The second-order valence-electron chi connectivity index (χ2n) is 4.27. The zero-order chi connectivity index (χ0) is 14.7. The van der Waals surface area contributed by atoms with E-state index >= 15 is 0 Å². The number of aromatic nitrogens is 2. The molecule has 5 nitrogen and oxygen atoms in total. The predicted molar refractivity (Wildman–Crippen MR) is 79.6 cm³/mol. The highest BCUT2D eigenvalue weighted by Gasteiger charge is 2.12. The van der Waals surface area contributed by atoms with Gasteiger partial charge in [0.25, 0.3) is 5.56 Å². The number of halogens is 1. The Bertz CT molecular complexity index is 683. The number of ether oxygens (including phenoxy) is 2. The number of hydrogen-bond donors (Lipinski definition) is 0. The molecule has 0 spiro atoms. The van der Waals surface area contributed by atoms with Gasteiger partial charge in [0.15, 0.2) is 11.5 Å². The third-order valence-electron chi connectivity index (χ3n) is 2.92. The van der Waals surface area contributed by atoms with Crippen LogP contribution in [0.5, 0.6) is 11.5 Å². The Morgan fingerprint density at radius 2 is 2.10 bits per heavy atom. The minimum Gasteiger partial charge on any atom is -0.493 e. The maximum Gasteiger partial charge on any atom is 0.253 e. The Kier molecular flexibility index (Phi) is 4.44. The van der Waals surface area contributed by atoms with Crippen LogP contribution in [-0.2, 0) is 6.54 Å². The van der Waals surface area contributed by atoms with Gasteiger partial charge in [-0.2, -0.15) is 0 Å². The fourth-order valence-corrected chi connectivity index (χ4v) is 2.57. The van der Waals surface area contributed by atoms with Crippen LogP contribution in [0, 0.1) is 6.92 Å². The average Bonchev–Trinajstić information content (AvgIpc) is 2.43. The molecule has 0 unspecified atom stereocenters. The number of nitrogens with zero attached hydrogens (tertiary/aromatic N) is 2. The number of pyridine rings is 2. The Morgan fingerprint density at radius 1 is 1.35 bits per heavy atom. The van der Waals surface area contributed by atoms with Gasteiger partial charge in [0.2, 0.25) is 0 Å². The second kappa shape index (κ2) is 6.09. The zero-order valence-corrected chi connectivity index (χ0v) is 13.1. The highest BCUT2D eigenvalue weighted by molar-refractivity contribution is 9.10. The summed E-state index contributed by atoms with van der Waals surface area (Å²) in [5, 5.41) is 0. The lowest BCUT2D eigenvalue weighted by Gasteiger charge is -2.13. The molecule has 2 rings (SSSR count). The summed E-state index contributed by atoms with van der Waals surface area (Å²) in [7, 11) is 3.12. The van der Waals surface area contributed by atoms with Gasteiger partial charge in [0.1, 0.15) is 5.69 Å². The van der Waals surface area contributed by atoms with Crippen molar-refractivity contribution in [2.45, 2.75) is 13.5 Å². The summed E-state index contributed by atoms with van der Waals surface area (Å²) >= 11 is 3.39. The Labute approximate surface area is 125 Å². The van der Waals surface area contributed by atoms with E-state index in [0.717, 1.165) is 4.47 Å². The lowest BCUT2D eigenvalue weighted by Crippen LogP contribution is -2.22. The van der Waals surface area contributed by atoms with Gasteiger partial charge in [-0.3, -0.25) is 9.78 Å². The van der Waals surface area contributed by atoms with Crippen LogP contribution in [-0.4, -0.2) is 23.8 Å². The largest absolute Gasteiger partial charge is 0.493 e. The maximum absolute atomic E-state index is 12.1. The van der Waals surface area contributed by atoms with Gasteiger partial charge in [-0.1, -0.05) is 0 Å². The number of aryl methyl sites for hydroxylation is 1. The van der Waals surface area contributed by atoms with Crippen molar-refractivity contribution in [3.8, 4) is 11.5 Å². The lowest BCUT2D eigenvalue weighted by atomic mass is 10.2. The summed E-state index contributed by atoms with van der Waals surface area (Å²) in [4.78, 5) is 16.4. The minimum absolute atomic E-state index is 0.0557. The molecule has 0 fully saturated rings. The number of rotatable bonds is 4. The number of hydrogen-bond acceptors (Lipinski definition) is 4. The molecule has 2 aromatic rings. The molecule has 106 valence electrons. The molecule has 0 saturated carbocycles. The summed E-state index contributed by atoms with van der Waals surface area (Å²) < 4.78 is 13.0. The second-order valence-corrected chi connectivity index (χ2v) is 5.18. The quantitative estimate of drug-likeness (QED) is 0.858. The van der Waals surface area contributed by atoms with E-state index in [1.54, 1.807) is 50.2 Å². The van der Waals surface area contributed by atoms with Crippen molar-refractivity contribution in [1.82, 2.24) is 9.55 Å². The molecule has 6 heteroatoms. The summed E-state index contributed by atoms with van der Waals surface area (Å²) in [6.07, 6.45) is 3.36. The van der Waals surface area contributed by atoms with E-state index in [4.69, 9.17) is 9.47 Å². The zero-order valence-electron chi connectivity index (χ0n) is 11.5. The van der Waals surface area contributed by atoms with Crippen LogP contribution >= 0.6 is 15.9 Å². The molecule has 0 N–H and O–H groups in total. The molecule has 20 heavy (non-hydrogen) atoms. The molecule has 0 aliphatic rings. The molecule has 0 aromatic carbocycles. The van der Waals surface area contributed by atoms with E-state index in [1.807, 2.05) is 0 Å². The van der Waals surface area contributed by atoms with Gasteiger partial charge < -0.3 is 14.0 Å². The van der Waals surface area contributed by atoms with Crippen LogP contribution in [0.2, 0.25) is 0 Å². The van der Waals surface area contributed by atoms with Crippen LogP contribution in [0.15, 0.2) is 33.8 Å². The summed E-state index contributed by atoms with van der Waals surface area (Å²) in [6.45, 7) is 2.10. The van der Waals surface area contributed by atoms with Crippen molar-refractivity contribution in [3.05, 3.63) is 50.6 Å². The molecule has 2 heterocycles. The molecule has 0 amide bonds. The summed E-state index contributed by atoms with van der Waals surface area (Å²) in [5.41, 5.74) is 1.26. The van der Waals surface area contributed by atoms with E-state index in [1.165, 1.54) is 0 Å². The molecule has 2 aromatic heterocycles. The average molecular weight is 339 g/mol. The van der Waals surface area contributed by atoms with E-state index in [9.17, 15) is 4.79 Å². The van der Waals surface area contributed by atoms with Crippen molar-refractivity contribution in [1.29, 1.82) is 0 Å². The first-order valence-electron chi connectivity index (χ1n) is 5.99. The van der Waals surface area contributed by atoms with E-state index in [-0.39, 0.29) is 5.56 Å². The molecule has 0 saturated heterocycles. The summed E-state index contributed by atoms with van der Waals surface area (Å²) in [6, 6.07) is 3.51. The molecule has 0 bridgehead atoms. The van der Waals surface area contributed by atoms with Crippen LogP contribution < -0.4 is 15.0 Å². The van der Waals surface area contributed by atoms with E-state index in [0.29, 0.717) is 29.3 Å². The topological polar surface area (TPSA) is 53.4 Å². The first kappa shape index (κ1) is 14.6. The van der Waals surface area contributed by atoms with Gasteiger partial charge >= 0.3 is 0 Å². The molecule has 0 atom stereocenters. The van der Waals surface area contributed by atoms with Crippen molar-refractivity contribution >= 4 is 15.9 Å². The Balaban J connectivity index is 2.48. The Morgan fingerprint density at radius 3 is 2.75 bits per heavy atom. The standard InChI is InChI=1S/C14H15BrN2O3/c1-9-6-10(15)7-17(14(9)18)8-11-13(20-3)12(19-2)4-5-16-11/h4-7H,8H2,1-3H3. The van der Waals surface area contributed by atoms with Gasteiger partial charge in [-0.25, -0.2) is 0 Å². The molecular weight excluding hydrogens is 324 g/mol. The van der Waals surface area contributed by atoms with Crippen LogP contribution in [0.4, 0.5) is 0 Å². The Hall–Kier alpha value is -1.82. The van der Waals surface area contributed by atoms with Gasteiger partial charge in [-0.15, -0.1) is 0 Å². The fourth-order valence-electron chi connectivity index (χ4n) is 1.98. The first-order valence-corrected chi connectivity index (χ1v) is 6.78. The van der Waals surface area contributed by atoms with Crippen molar-refractivity contribution in [3.63, 3.8) is 0 Å². The highest BCUT2D eigenvalue weighted by Crippen LogP contribution is 2.29. The predicted octanol–water partition coefficient (Wildman–Crippen LogP) is 2.38. The molecule has 0 aliphatic heterocycles. The summed E-state index contributed by atoms with van der Waals surface area (Å²) in [5.74, 6) is 1.14. The van der Waals surface area contributed by atoms with Crippen molar-refractivity contribution < 1.29 is 9.47 Å². The first-order chi connectivity index (χ1) is 9.56. The van der Waals surface area contributed by atoms with Gasteiger partial charge in [-0.05, 0) is 28.9 Å². The van der Waals surface area contributed by atoms with Gasteiger partial charge in [0, 0.05) is 28.5 Å².